The van der Waals surface area contributed by atoms with Crippen molar-refractivity contribution in [2.24, 2.45) is 0 Å². The van der Waals surface area contributed by atoms with Crippen LogP contribution in [0.15, 0.2) is 473 Å². The maximum Gasteiger partial charge on any atom is 0.120 e. The van der Waals surface area contributed by atoms with Crippen LogP contribution in [0, 0.1) is 6.92 Å². The lowest BCUT2D eigenvalue weighted by atomic mass is 10.0. The number of aryl methyl sites for hydroxylation is 1. The van der Waals surface area contributed by atoms with E-state index in [2.05, 4.69) is 488 Å². The molecule has 0 aliphatic heterocycles. The molecule has 8 nitrogen and oxygen atoms in total. The molecule has 0 spiro atoms. The molecular formula is C114H96N6O2. The molecule has 18 aromatic carbocycles. The molecule has 0 fully saturated rings. The summed E-state index contributed by atoms with van der Waals surface area (Å²) in [6.07, 6.45) is 0. The monoisotopic (exact) mass is 1580 g/mol. The number of hydrogen-bond donors (Lipinski definition) is 0. The Hall–Kier alpha value is -15.6. The Morgan fingerprint density at radius 1 is 0.148 bits per heavy atom. The fourth-order valence-electron chi connectivity index (χ4n) is 15.3. The summed E-state index contributed by atoms with van der Waals surface area (Å²) in [6.45, 7) is 2.13. The van der Waals surface area contributed by atoms with Crippen molar-refractivity contribution in [2.45, 2.75) is 6.92 Å². The van der Waals surface area contributed by atoms with Crippen LogP contribution in [0.1, 0.15) is 5.56 Å². The van der Waals surface area contributed by atoms with Gasteiger partial charge < -0.3 is 38.9 Å². The highest BCUT2D eigenvalue weighted by atomic mass is 16.5. The zero-order chi connectivity index (χ0) is 83.4. The smallest absolute Gasteiger partial charge is 0.120 e. The molecule has 594 valence electrons. The lowest BCUT2D eigenvalue weighted by Crippen LogP contribution is -2.12. The molecule has 0 unspecified atom stereocenters. The van der Waals surface area contributed by atoms with Gasteiger partial charge in [0.15, 0.2) is 0 Å². The maximum absolute atomic E-state index is 5.43. The molecule has 0 radical (unpaired) electrons. The highest BCUT2D eigenvalue weighted by Gasteiger charge is 2.20. The Morgan fingerprint density at radius 3 is 0.549 bits per heavy atom. The Balaban J connectivity index is 0.000000136. The average molecular weight is 1580 g/mol. The van der Waals surface area contributed by atoms with Crippen LogP contribution >= 0.6 is 0 Å². The molecule has 0 bridgehead atoms. The lowest BCUT2D eigenvalue weighted by molar-refractivity contribution is 0.415. The van der Waals surface area contributed by atoms with Crippen molar-refractivity contribution in [1.29, 1.82) is 0 Å². The van der Waals surface area contributed by atoms with Gasteiger partial charge in [0.1, 0.15) is 11.5 Å². The van der Waals surface area contributed by atoms with E-state index in [4.69, 9.17) is 9.47 Å². The minimum atomic E-state index is 0.843. The average Bonchev–Trinajstić information content (AvgIpc) is 0.799. The molecule has 0 N–H and O–H groups in total. The molecule has 18 rings (SSSR count). The second kappa shape index (κ2) is 38.6. The van der Waals surface area contributed by atoms with Gasteiger partial charge in [-0.25, -0.2) is 0 Å². The Bertz CT molecular complexity index is 6050. The van der Waals surface area contributed by atoms with Crippen LogP contribution in [0.5, 0.6) is 11.5 Å². The van der Waals surface area contributed by atoms with E-state index >= 15 is 0 Å². The highest BCUT2D eigenvalue weighted by Crippen LogP contribution is 2.43. The largest absolute Gasteiger partial charge is 0.497 e. The van der Waals surface area contributed by atoms with E-state index < -0.39 is 0 Å². The summed E-state index contributed by atoms with van der Waals surface area (Å²) in [4.78, 5) is 13.5. The van der Waals surface area contributed by atoms with Crippen LogP contribution < -0.4 is 38.9 Å². The topological polar surface area (TPSA) is 37.9 Å². The molecule has 0 aliphatic rings. The molecule has 8 heteroatoms. The molecular weight excluding hydrogens is 1490 g/mol. The van der Waals surface area contributed by atoms with E-state index in [-0.39, 0.29) is 0 Å². The molecule has 122 heavy (non-hydrogen) atoms. The van der Waals surface area contributed by atoms with Crippen LogP contribution in [0.25, 0.3) is 66.8 Å². The molecule has 0 aliphatic carbocycles. The summed E-state index contributed by atoms with van der Waals surface area (Å²) < 4.78 is 10.8. The number of rotatable bonds is 23. The molecule has 18 aromatic rings. The van der Waals surface area contributed by atoms with Gasteiger partial charge in [0.05, 0.1) is 14.2 Å². The number of nitrogens with zero attached hydrogens (tertiary/aromatic N) is 6. The van der Waals surface area contributed by atoms with Crippen LogP contribution in [0.2, 0.25) is 0 Å². The fraction of sp³-hybridized carbons (Fsp3) is 0.0526. The third kappa shape index (κ3) is 19.3. The maximum atomic E-state index is 5.43. The molecule has 0 saturated heterocycles. The second-order valence-electron chi connectivity index (χ2n) is 29.9. The Kier molecular flexibility index (Phi) is 25.4. The van der Waals surface area contributed by atoms with Gasteiger partial charge in [-0.15, -0.1) is 0 Å². The van der Waals surface area contributed by atoms with Crippen molar-refractivity contribution in [1.82, 2.24) is 0 Å². The predicted molar refractivity (Wildman–Crippen MR) is 517 cm³/mol. The van der Waals surface area contributed by atoms with E-state index in [0.29, 0.717) is 0 Å². The normalized spacial score (nSPS) is 10.7. The first-order valence-corrected chi connectivity index (χ1v) is 41.2. The van der Waals surface area contributed by atoms with Gasteiger partial charge in [-0.3, -0.25) is 0 Å². The van der Waals surface area contributed by atoms with Crippen molar-refractivity contribution in [3.63, 3.8) is 0 Å². The zero-order valence-electron chi connectivity index (χ0n) is 69.5. The first kappa shape index (κ1) is 80.2. The van der Waals surface area contributed by atoms with E-state index in [1.165, 1.54) is 78.0 Å². The molecule has 0 atom stereocenters. The number of methoxy groups -OCH3 is 2. The highest BCUT2D eigenvalue weighted by molar-refractivity contribution is 5.86. The van der Waals surface area contributed by atoms with Crippen molar-refractivity contribution in [3.8, 4) is 78.3 Å². The standard InChI is InChI=1S/2C38H32N2O.C38H32N2/c1-39(37-14-9-15-38(28-37)41-2)33-24-26-36(27-25-33)40(34-20-16-31(17-21-34)29-10-5-3-6-11-29)35-22-18-32(19-23-35)30-12-7-4-8-13-30;1-39(34-25-27-38(41-2)28-26-34)33-21-23-37(24-22-33)40(35-17-13-31(14-18-35)29-9-5-3-6-10-29)36-19-15-32(16-20-36)30-11-7-4-8-12-30;1-29-10-9-15-38(28-29)39(2)34-24-26-37(27-25-34)40(35-20-16-32(17-21-35)30-11-5-3-6-12-30)36-22-18-33(19-23-36)31-13-7-4-8-14-31/h2*3-28H,1-2H3;3-28H,1-2H3. The number of ether oxygens (including phenoxy) is 2. The summed E-state index contributed by atoms with van der Waals surface area (Å²) in [5.74, 6) is 1.69. The minimum Gasteiger partial charge on any atom is -0.497 e. The zero-order valence-corrected chi connectivity index (χ0v) is 69.5. The lowest BCUT2D eigenvalue weighted by Gasteiger charge is -2.27. The van der Waals surface area contributed by atoms with Crippen LogP contribution in [-0.4, -0.2) is 35.4 Å². The summed E-state index contributed by atoms with van der Waals surface area (Å²) >= 11 is 0. The van der Waals surface area contributed by atoms with E-state index in [0.717, 1.165) is 91.1 Å². The van der Waals surface area contributed by atoms with Crippen molar-refractivity contribution >= 4 is 85.3 Å². The van der Waals surface area contributed by atoms with E-state index in [1.807, 2.05) is 42.5 Å². The van der Waals surface area contributed by atoms with Gasteiger partial charge in [0, 0.05) is 113 Å². The van der Waals surface area contributed by atoms with Gasteiger partial charge in [0.25, 0.3) is 0 Å². The predicted octanol–water partition coefficient (Wildman–Crippen LogP) is 31.1. The van der Waals surface area contributed by atoms with Crippen molar-refractivity contribution in [3.05, 3.63) is 479 Å². The summed E-state index contributed by atoms with van der Waals surface area (Å²) in [5.41, 5.74) is 32.4. The van der Waals surface area contributed by atoms with Gasteiger partial charge in [-0.1, -0.05) is 273 Å². The number of benzene rings is 18. The van der Waals surface area contributed by atoms with Gasteiger partial charge in [-0.2, -0.15) is 0 Å². The summed E-state index contributed by atoms with van der Waals surface area (Å²) in [5, 5.41) is 0. The van der Waals surface area contributed by atoms with Crippen molar-refractivity contribution < 1.29 is 9.47 Å². The summed E-state index contributed by atoms with van der Waals surface area (Å²) in [6, 6.07) is 167. The quantitative estimate of drug-likeness (QED) is 0.0627. The van der Waals surface area contributed by atoms with Crippen LogP contribution in [-0.2, 0) is 0 Å². The second-order valence-corrected chi connectivity index (χ2v) is 29.9. The summed E-state index contributed by atoms with van der Waals surface area (Å²) in [7, 11) is 9.66. The van der Waals surface area contributed by atoms with Gasteiger partial charge >= 0.3 is 0 Å². The van der Waals surface area contributed by atoms with E-state index in [1.54, 1.807) is 14.2 Å². The van der Waals surface area contributed by atoms with Gasteiger partial charge in [-0.05, 0) is 273 Å². The Labute approximate surface area is 718 Å². The SMILES string of the molecule is COc1ccc(N(C)c2ccc(N(c3ccc(-c4ccccc4)cc3)c3ccc(-c4ccccc4)cc3)cc2)cc1.COc1cccc(N(C)c2ccc(N(c3ccc(-c4ccccc4)cc3)c3ccc(-c4ccccc4)cc3)cc2)c1.Cc1cccc(N(C)c2ccc(N(c3ccc(-c4ccccc4)cc3)c3ccc(-c4ccccc4)cc3)cc2)c1. The van der Waals surface area contributed by atoms with Gasteiger partial charge in [0.2, 0.25) is 0 Å². The molecule has 0 saturated carbocycles. The molecule has 0 heterocycles. The van der Waals surface area contributed by atoms with E-state index in [9.17, 15) is 0 Å². The van der Waals surface area contributed by atoms with Crippen LogP contribution in [0.3, 0.4) is 0 Å². The first-order valence-electron chi connectivity index (χ1n) is 41.2. The minimum absolute atomic E-state index is 0.843. The fourth-order valence-corrected chi connectivity index (χ4v) is 15.3. The number of hydrogen-bond acceptors (Lipinski definition) is 8. The van der Waals surface area contributed by atoms with Crippen molar-refractivity contribution in [2.75, 3.05) is 64.8 Å². The third-order valence-corrected chi connectivity index (χ3v) is 22.2. The molecule has 0 aromatic heterocycles. The Morgan fingerprint density at radius 2 is 0.328 bits per heavy atom. The van der Waals surface area contributed by atoms with Crippen LogP contribution in [0.4, 0.5) is 85.3 Å². The number of anilines is 15. The third-order valence-electron chi connectivity index (χ3n) is 22.2. The molecule has 0 amide bonds. The first-order chi connectivity index (χ1) is 60.0.